The van der Waals surface area contributed by atoms with E-state index < -0.39 is 6.10 Å². The molecule has 0 rings (SSSR count). The minimum atomic E-state index is -0.803. The molecule has 0 fully saturated rings. The molecule has 6 heteroatoms. The highest BCUT2D eigenvalue weighted by Crippen LogP contribution is 2.15. The zero-order valence-corrected chi connectivity index (χ0v) is 44.2. The maximum atomic E-state index is 12.8. The standard InChI is InChI=1S/C61H106O6/c1-4-7-10-13-16-19-22-25-28-30-33-35-38-41-44-47-50-53-59(62)65-56-58(67-61(64)55-52-49-46-43-40-37-32-27-24-21-18-15-12-9-6-3)57-66-60(63)54-51-48-45-42-39-36-34-31-29-26-23-20-17-14-11-8-5-2/h16,19,25-26,28-29,33-36,42,45,58H,4-15,17-18,20-24,27,30-32,37-41,43-44,46-57H2,1-3H3/b19-16-,28-25-,29-26-,35-33-,36-34-,45-42-/t58-/m1/s1. The van der Waals surface area contributed by atoms with E-state index in [1.165, 1.54) is 148 Å². The number of allylic oxidation sites excluding steroid dienone is 12. The van der Waals surface area contributed by atoms with E-state index in [1.54, 1.807) is 0 Å². The van der Waals surface area contributed by atoms with Crippen molar-refractivity contribution in [1.82, 2.24) is 0 Å². The summed E-state index contributed by atoms with van der Waals surface area (Å²) in [7, 11) is 0. The summed E-state index contributed by atoms with van der Waals surface area (Å²) < 4.78 is 16.8. The quantitative estimate of drug-likeness (QED) is 0.0262. The van der Waals surface area contributed by atoms with E-state index in [-0.39, 0.29) is 37.5 Å². The Morgan fingerprint density at radius 2 is 0.552 bits per heavy atom. The van der Waals surface area contributed by atoms with Crippen LogP contribution < -0.4 is 0 Å². The average molecular weight is 936 g/mol. The molecule has 0 aliphatic heterocycles. The van der Waals surface area contributed by atoms with Crippen molar-refractivity contribution in [1.29, 1.82) is 0 Å². The first kappa shape index (κ1) is 63.8. The third-order valence-corrected chi connectivity index (χ3v) is 12.2. The van der Waals surface area contributed by atoms with E-state index in [1.807, 2.05) is 0 Å². The molecule has 0 saturated carbocycles. The van der Waals surface area contributed by atoms with Gasteiger partial charge in [0.15, 0.2) is 6.10 Å². The SMILES string of the molecule is CCCCC/C=C\C/C=C\C/C=C\CCCCCCC(=O)OC[C@H](COC(=O)CCC/C=C\C/C=C\C/C=C\CCCCCCCC)OC(=O)CCCCCCCCCCCCCCCCC. The van der Waals surface area contributed by atoms with Crippen LogP contribution in [0.1, 0.15) is 278 Å². The number of rotatable bonds is 51. The lowest BCUT2D eigenvalue weighted by Gasteiger charge is -2.18. The van der Waals surface area contributed by atoms with E-state index in [9.17, 15) is 14.4 Å². The molecule has 0 aromatic carbocycles. The second kappa shape index (κ2) is 55.4. The molecule has 0 aliphatic rings. The van der Waals surface area contributed by atoms with Crippen molar-refractivity contribution in [2.24, 2.45) is 0 Å². The van der Waals surface area contributed by atoms with Crippen LogP contribution >= 0.6 is 0 Å². The second-order valence-corrected chi connectivity index (χ2v) is 18.8. The fourth-order valence-electron chi connectivity index (χ4n) is 7.88. The highest BCUT2D eigenvalue weighted by atomic mass is 16.6. The van der Waals surface area contributed by atoms with Gasteiger partial charge in [-0.3, -0.25) is 14.4 Å². The minimum absolute atomic E-state index is 0.101. The van der Waals surface area contributed by atoms with Gasteiger partial charge < -0.3 is 14.2 Å². The van der Waals surface area contributed by atoms with Crippen LogP contribution in [0.4, 0.5) is 0 Å². The molecule has 0 heterocycles. The summed E-state index contributed by atoms with van der Waals surface area (Å²) in [6.45, 7) is 6.56. The van der Waals surface area contributed by atoms with Crippen molar-refractivity contribution < 1.29 is 28.6 Å². The average Bonchev–Trinajstić information content (AvgIpc) is 3.33. The highest BCUT2D eigenvalue weighted by Gasteiger charge is 2.19. The molecule has 0 spiro atoms. The molecule has 386 valence electrons. The summed E-state index contributed by atoms with van der Waals surface area (Å²) in [4.78, 5) is 38.1. The van der Waals surface area contributed by atoms with E-state index in [0.29, 0.717) is 19.3 Å². The smallest absolute Gasteiger partial charge is 0.306 e. The summed E-state index contributed by atoms with van der Waals surface area (Å²) in [5, 5.41) is 0. The van der Waals surface area contributed by atoms with Gasteiger partial charge in [-0.2, -0.15) is 0 Å². The summed E-state index contributed by atoms with van der Waals surface area (Å²) in [6, 6.07) is 0. The van der Waals surface area contributed by atoms with Crippen LogP contribution in [-0.4, -0.2) is 37.2 Å². The van der Waals surface area contributed by atoms with Crippen LogP contribution in [-0.2, 0) is 28.6 Å². The number of esters is 3. The molecule has 0 unspecified atom stereocenters. The highest BCUT2D eigenvalue weighted by molar-refractivity contribution is 5.71. The lowest BCUT2D eigenvalue weighted by Crippen LogP contribution is -2.30. The van der Waals surface area contributed by atoms with Crippen LogP contribution in [0.25, 0.3) is 0 Å². The summed E-state index contributed by atoms with van der Waals surface area (Å²) in [5.74, 6) is -0.965. The Hall–Kier alpha value is -3.15. The van der Waals surface area contributed by atoms with Crippen molar-refractivity contribution in [2.45, 2.75) is 284 Å². The molecule has 0 aromatic heterocycles. The largest absolute Gasteiger partial charge is 0.462 e. The van der Waals surface area contributed by atoms with Gasteiger partial charge in [0.25, 0.3) is 0 Å². The van der Waals surface area contributed by atoms with E-state index >= 15 is 0 Å². The van der Waals surface area contributed by atoms with Gasteiger partial charge in [0, 0.05) is 19.3 Å². The number of ether oxygens (including phenoxy) is 3. The molecule has 0 bridgehead atoms. The first-order valence-electron chi connectivity index (χ1n) is 28.4. The molecule has 0 amide bonds. The molecule has 0 N–H and O–H groups in total. The zero-order valence-electron chi connectivity index (χ0n) is 44.2. The fraction of sp³-hybridized carbons (Fsp3) is 0.754. The molecule has 0 radical (unpaired) electrons. The predicted molar refractivity (Wildman–Crippen MR) is 288 cm³/mol. The van der Waals surface area contributed by atoms with E-state index in [0.717, 1.165) is 83.5 Å². The third kappa shape index (κ3) is 53.7. The van der Waals surface area contributed by atoms with Gasteiger partial charge in [0.2, 0.25) is 0 Å². The Morgan fingerprint density at radius 3 is 0.925 bits per heavy atom. The van der Waals surface area contributed by atoms with Gasteiger partial charge in [-0.25, -0.2) is 0 Å². The normalized spacial score (nSPS) is 12.6. The van der Waals surface area contributed by atoms with Crippen LogP contribution in [0.2, 0.25) is 0 Å². The van der Waals surface area contributed by atoms with Crippen molar-refractivity contribution in [3.8, 4) is 0 Å². The molecule has 0 saturated heterocycles. The Kier molecular flexibility index (Phi) is 52.8. The third-order valence-electron chi connectivity index (χ3n) is 12.2. The fourth-order valence-corrected chi connectivity index (χ4v) is 7.88. The number of hydrogen-bond acceptors (Lipinski definition) is 6. The molecule has 0 aromatic rings. The molecular formula is C61H106O6. The Morgan fingerprint density at radius 1 is 0.299 bits per heavy atom. The Bertz CT molecular complexity index is 1260. The van der Waals surface area contributed by atoms with Crippen molar-refractivity contribution in [2.75, 3.05) is 13.2 Å². The molecular weight excluding hydrogens is 829 g/mol. The van der Waals surface area contributed by atoms with Crippen LogP contribution in [0.3, 0.4) is 0 Å². The van der Waals surface area contributed by atoms with Gasteiger partial charge >= 0.3 is 17.9 Å². The maximum absolute atomic E-state index is 12.8. The lowest BCUT2D eigenvalue weighted by atomic mass is 10.0. The monoisotopic (exact) mass is 935 g/mol. The summed E-state index contributed by atoms with van der Waals surface area (Å²) in [6.07, 6.45) is 70.3. The van der Waals surface area contributed by atoms with Crippen molar-refractivity contribution >= 4 is 17.9 Å². The summed E-state index contributed by atoms with van der Waals surface area (Å²) in [5.41, 5.74) is 0. The second-order valence-electron chi connectivity index (χ2n) is 18.8. The maximum Gasteiger partial charge on any atom is 0.306 e. The lowest BCUT2D eigenvalue weighted by molar-refractivity contribution is -0.167. The number of unbranched alkanes of at least 4 members (excludes halogenated alkanes) is 28. The zero-order chi connectivity index (χ0) is 48.6. The van der Waals surface area contributed by atoms with Crippen LogP contribution in [0.5, 0.6) is 0 Å². The van der Waals surface area contributed by atoms with E-state index in [2.05, 4.69) is 93.7 Å². The van der Waals surface area contributed by atoms with Gasteiger partial charge in [-0.1, -0.05) is 241 Å². The van der Waals surface area contributed by atoms with Gasteiger partial charge in [0.05, 0.1) is 0 Å². The summed E-state index contributed by atoms with van der Waals surface area (Å²) >= 11 is 0. The number of carbonyl (C=O) groups is 3. The van der Waals surface area contributed by atoms with Crippen molar-refractivity contribution in [3.05, 3.63) is 72.9 Å². The Balaban J connectivity index is 4.48. The van der Waals surface area contributed by atoms with Crippen molar-refractivity contribution in [3.63, 3.8) is 0 Å². The molecule has 1 atom stereocenters. The van der Waals surface area contributed by atoms with Gasteiger partial charge in [-0.05, 0) is 89.9 Å². The van der Waals surface area contributed by atoms with Crippen LogP contribution in [0.15, 0.2) is 72.9 Å². The number of hydrogen-bond donors (Lipinski definition) is 0. The molecule has 67 heavy (non-hydrogen) atoms. The first-order valence-corrected chi connectivity index (χ1v) is 28.4. The van der Waals surface area contributed by atoms with Gasteiger partial charge in [0.1, 0.15) is 13.2 Å². The minimum Gasteiger partial charge on any atom is -0.462 e. The topological polar surface area (TPSA) is 78.9 Å². The Labute approximate surface area is 414 Å². The number of carbonyl (C=O) groups excluding carboxylic acids is 3. The molecule has 6 nitrogen and oxygen atoms in total. The predicted octanol–water partition coefficient (Wildman–Crippen LogP) is 19.0. The van der Waals surface area contributed by atoms with Gasteiger partial charge in [-0.15, -0.1) is 0 Å². The van der Waals surface area contributed by atoms with Crippen LogP contribution in [0, 0.1) is 0 Å². The first-order chi connectivity index (χ1) is 33.0. The van der Waals surface area contributed by atoms with E-state index in [4.69, 9.17) is 14.2 Å². The molecule has 0 aliphatic carbocycles.